The third-order valence-corrected chi connectivity index (χ3v) is 1.68. The first-order valence-corrected chi connectivity index (χ1v) is 5.91. The average Bonchev–Trinajstić information content (AvgIpc) is 2.11. The van der Waals surface area contributed by atoms with Gasteiger partial charge < -0.3 is 9.47 Å². The van der Waals surface area contributed by atoms with Crippen LogP contribution in [0, 0.1) is 0 Å². The molecule has 0 fully saturated rings. The van der Waals surface area contributed by atoms with E-state index in [1.54, 1.807) is 27.7 Å². The van der Waals surface area contributed by atoms with Gasteiger partial charge in [-0.3, -0.25) is 5.32 Å². The summed E-state index contributed by atoms with van der Waals surface area (Å²) in [5.74, 6) is -1.20. The normalized spacial score (nSPS) is 11.4. The number of hydrogen-bond donors (Lipinski definition) is 1. The molecule has 0 aliphatic rings. The zero-order chi connectivity index (χ0) is 13.6. The second-order valence-electron chi connectivity index (χ2n) is 4.73. The number of carbonyl (C=O) groups is 2. The highest BCUT2D eigenvalue weighted by Gasteiger charge is 2.31. The first kappa shape index (κ1) is 15.9. The number of nitrogens with one attached hydrogen (secondary N) is 1. The van der Waals surface area contributed by atoms with E-state index in [9.17, 15) is 9.59 Å². The van der Waals surface area contributed by atoms with Crippen LogP contribution < -0.4 is 5.32 Å². The highest BCUT2D eigenvalue weighted by Crippen LogP contribution is 2.01. The molecule has 0 aliphatic carbocycles. The van der Waals surface area contributed by atoms with E-state index in [0.717, 1.165) is 0 Å². The van der Waals surface area contributed by atoms with E-state index in [1.165, 1.54) is 0 Å². The lowest BCUT2D eigenvalue weighted by molar-refractivity contribution is -0.162. The fourth-order valence-corrected chi connectivity index (χ4v) is 1.17. The lowest BCUT2D eigenvalue weighted by atomic mass is 10.2. The molecule has 0 aromatic carbocycles. The fourth-order valence-electron chi connectivity index (χ4n) is 1.17. The first-order chi connectivity index (χ1) is 7.73. The lowest BCUT2D eigenvalue weighted by Gasteiger charge is -2.21. The molecule has 17 heavy (non-hydrogen) atoms. The van der Waals surface area contributed by atoms with E-state index in [-0.39, 0.29) is 18.2 Å². The Kier molecular flexibility index (Phi) is 6.80. The van der Waals surface area contributed by atoms with Gasteiger partial charge in [0.2, 0.25) is 6.04 Å². The van der Waals surface area contributed by atoms with Crippen molar-refractivity contribution in [3.05, 3.63) is 0 Å². The Morgan fingerprint density at radius 3 is 1.41 bits per heavy atom. The third-order valence-electron chi connectivity index (χ3n) is 1.68. The topological polar surface area (TPSA) is 64.6 Å². The quantitative estimate of drug-likeness (QED) is 0.563. The molecule has 0 atom stereocenters. The molecule has 0 heterocycles. The Labute approximate surface area is 103 Å². The summed E-state index contributed by atoms with van der Waals surface area (Å²) in [6.07, 6.45) is -0.517. The van der Waals surface area contributed by atoms with E-state index in [1.807, 2.05) is 13.8 Å². The molecule has 5 nitrogen and oxygen atoms in total. The molecular formula is C12H23NO4. The standard InChI is InChI=1S/C12H23NO4/c1-7(2)13-10(11(14)16-8(3)4)12(15)17-9(5)6/h7-10,13H,1-6H3. The Morgan fingerprint density at radius 2 is 1.18 bits per heavy atom. The molecule has 0 spiro atoms. The van der Waals surface area contributed by atoms with Gasteiger partial charge in [0.25, 0.3) is 0 Å². The predicted octanol–water partition coefficient (Wildman–Crippen LogP) is 1.26. The molecular weight excluding hydrogens is 222 g/mol. The van der Waals surface area contributed by atoms with Gasteiger partial charge in [-0.25, -0.2) is 9.59 Å². The SMILES string of the molecule is CC(C)NC(C(=O)OC(C)C)C(=O)OC(C)C. The zero-order valence-electron chi connectivity index (χ0n) is 11.4. The fraction of sp³-hybridized carbons (Fsp3) is 0.833. The molecule has 0 amide bonds. The van der Waals surface area contributed by atoms with Crippen molar-refractivity contribution in [2.24, 2.45) is 0 Å². The second-order valence-corrected chi connectivity index (χ2v) is 4.73. The predicted molar refractivity (Wildman–Crippen MR) is 64.5 cm³/mol. The maximum Gasteiger partial charge on any atom is 0.335 e. The van der Waals surface area contributed by atoms with Crippen LogP contribution in [0.15, 0.2) is 0 Å². The summed E-state index contributed by atoms with van der Waals surface area (Å²) in [4.78, 5) is 23.5. The van der Waals surface area contributed by atoms with E-state index < -0.39 is 18.0 Å². The number of carbonyl (C=O) groups excluding carboxylic acids is 2. The van der Waals surface area contributed by atoms with Crippen LogP contribution in [0.5, 0.6) is 0 Å². The lowest BCUT2D eigenvalue weighted by Crippen LogP contribution is -2.49. The van der Waals surface area contributed by atoms with E-state index >= 15 is 0 Å². The highest BCUT2D eigenvalue weighted by molar-refractivity contribution is 5.99. The summed E-state index contributed by atoms with van der Waals surface area (Å²) in [6, 6.07) is -1.07. The van der Waals surface area contributed by atoms with E-state index in [0.29, 0.717) is 0 Å². The minimum atomic E-state index is -1.06. The monoisotopic (exact) mass is 245 g/mol. The van der Waals surface area contributed by atoms with Gasteiger partial charge in [0.1, 0.15) is 0 Å². The molecule has 0 saturated heterocycles. The molecule has 0 aromatic rings. The zero-order valence-corrected chi connectivity index (χ0v) is 11.4. The molecule has 0 radical (unpaired) electrons. The van der Waals surface area contributed by atoms with Crippen molar-refractivity contribution in [3.8, 4) is 0 Å². The van der Waals surface area contributed by atoms with E-state index in [4.69, 9.17) is 9.47 Å². The second kappa shape index (κ2) is 7.27. The maximum absolute atomic E-state index is 11.7. The molecule has 0 saturated carbocycles. The van der Waals surface area contributed by atoms with E-state index in [2.05, 4.69) is 5.32 Å². The highest BCUT2D eigenvalue weighted by atomic mass is 16.6. The van der Waals surface area contributed by atoms with Gasteiger partial charge in [0.05, 0.1) is 12.2 Å². The van der Waals surface area contributed by atoms with Crippen LogP contribution in [0.3, 0.4) is 0 Å². The third kappa shape index (κ3) is 6.94. The van der Waals surface area contributed by atoms with Crippen LogP contribution in [-0.2, 0) is 19.1 Å². The summed E-state index contributed by atoms with van der Waals surface area (Å²) in [6.45, 7) is 10.6. The van der Waals surface area contributed by atoms with Crippen molar-refractivity contribution in [2.75, 3.05) is 0 Å². The molecule has 0 bridgehead atoms. The van der Waals surface area contributed by atoms with Crippen LogP contribution in [0.4, 0.5) is 0 Å². The first-order valence-electron chi connectivity index (χ1n) is 5.91. The van der Waals surface area contributed by atoms with Gasteiger partial charge in [-0.1, -0.05) is 0 Å². The number of rotatable bonds is 6. The van der Waals surface area contributed by atoms with Gasteiger partial charge in [0.15, 0.2) is 0 Å². The van der Waals surface area contributed by atoms with Crippen molar-refractivity contribution in [3.63, 3.8) is 0 Å². The summed E-state index contributed by atoms with van der Waals surface area (Å²) in [5, 5.41) is 2.84. The Bertz CT molecular complexity index is 239. The largest absolute Gasteiger partial charge is 0.461 e. The molecule has 5 heteroatoms. The van der Waals surface area contributed by atoms with Crippen molar-refractivity contribution in [1.82, 2.24) is 5.32 Å². The molecule has 0 aliphatic heterocycles. The van der Waals surface area contributed by atoms with Crippen LogP contribution in [0.2, 0.25) is 0 Å². The van der Waals surface area contributed by atoms with Crippen molar-refractivity contribution in [2.45, 2.75) is 65.8 Å². The van der Waals surface area contributed by atoms with Crippen molar-refractivity contribution in [1.29, 1.82) is 0 Å². The average molecular weight is 245 g/mol. The molecule has 0 unspecified atom stereocenters. The number of ether oxygens (including phenoxy) is 2. The van der Waals surface area contributed by atoms with Gasteiger partial charge in [-0.15, -0.1) is 0 Å². The van der Waals surface area contributed by atoms with Crippen LogP contribution in [0.1, 0.15) is 41.5 Å². The number of esters is 2. The summed E-state index contributed by atoms with van der Waals surface area (Å²) >= 11 is 0. The minimum Gasteiger partial charge on any atom is -0.461 e. The summed E-state index contributed by atoms with van der Waals surface area (Å²) in [7, 11) is 0. The van der Waals surface area contributed by atoms with Crippen molar-refractivity contribution < 1.29 is 19.1 Å². The van der Waals surface area contributed by atoms with Gasteiger partial charge in [0, 0.05) is 6.04 Å². The number of hydrogen-bond acceptors (Lipinski definition) is 5. The van der Waals surface area contributed by atoms with Gasteiger partial charge in [-0.2, -0.15) is 0 Å². The molecule has 0 rings (SSSR count). The molecule has 100 valence electrons. The Hall–Kier alpha value is -1.10. The van der Waals surface area contributed by atoms with Crippen LogP contribution >= 0.6 is 0 Å². The van der Waals surface area contributed by atoms with Crippen molar-refractivity contribution >= 4 is 11.9 Å². The molecule has 1 N–H and O–H groups in total. The Morgan fingerprint density at radius 1 is 0.824 bits per heavy atom. The van der Waals surface area contributed by atoms with Crippen LogP contribution in [0.25, 0.3) is 0 Å². The van der Waals surface area contributed by atoms with Gasteiger partial charge in [-0.05, 0) is 41.5 Å². The van der Waals surface area contributed by atoms with Crippen LogP contribution in [-0.4, -0.2) is 36.2 Å². The summed E-state index contributed by atoms with van der Waals surface area (Å²) < 4.78 is 10.0. The minimum absolute atomic E-state index is 0.0144. The molecule has 0 aromatic heterocycles. The smallest absolute Gasteiger partial charge is 0.335 e. The van der Waals surface area contributed by atoms with Gasteiger partial charge >= 0.3 is 11.9 Å². The summed E-state index contributed by atoms with van der Waals surface area (Å²) in [5.41, 5.74) is 0. The Balaban J connectivity index is 4.62. The maximum atomic E-state index is 11.7.